The predicted octanol–water partition coefficient (Wildman–Crippen LogP) is 2.00. The highest BCUT2D eigenvalue weighted by molar-refractivity contribution is 6.05. The monoisotopic (exact) mass is 402 g/mol. The lowest BCUT2D eigenvalue weighted by Crippen LogP contribution is -2.37. The van der Waals surface area contributed by atoms with Gasteiger partial charge in [-0.25, -0.2) is 9.97 Å². The molecular formula is C17H18N6O6. The number of nitro benzene ring substituents is 2. The molecule has 29 heavy (non-hydrogen) atoms. The summed E-state index contributed by atoms with van der Waals surface area (Å²) >= 11 is 0. The first-order chi connectivity index (χ1) is 13.8. The number of aromatic nitrogens is 2. The van der Waals surface area contributed by atoms with Gasteiger partial charge < -0.3 is 15.0 Å². The summed E-state index contributed by atoms with van der Waals surface area (Å²) in [7, 11) is 0. The Morgan fingerprint density at radius 1 is 1.03 bits per heavy atom. The molecule has 0 aliphatic carbocycles. The van der Waals surface area contributed by atoms with E-state index in [9.17, 15) is 25.0 Å². The summed E-state index contributed by atoms with van der Waals surface area (Å²) < 4.78 is 5.31. The van der Waals surface area contributed by atoms with Gasteiger partial charge in [-0.15, -0.1) is 0 Å². The van der Waals surface area contributed by atoms with Crippen molar-refractivity contribution >= 4 is 28.9 Å². The van der Waals surface area contributed by atoms with Crippen molar-refractivity contribution in [1.82, 2.24) is 9.97 Å². The molecule has 12 nitrogen and oxygen atoms in total. The fraction of sp³-hybridized carbons (Fsp3) is 0.353. The molecule has 0 saturated carbocycles. The van der Waals surface area contributed by atoms with Crippen molar-refractivity contribution < 1.29 is 19.4 Å². The van der Waals surface area contributed by atoms with Gasteiger partial charge in [0.05, 0.1) is 51.8 Å². The van der Waals surface area contributed by atoms with E-state index in [1.54, 1.807) is 13.8 Å². The van der Waals surface area contributed by atoms with Crippen molar-refractivity contribution in [2.75, 3.05) is 36.5 Å². The number of morpholine rings is 1. The quantitative estimate of drug-likeness (QED) is 0.584. The lowest BCUT2D eigenvalue weighted by Gasteiger charge is -2.27. The molecule has 1 aromatic carbocycles. The molecule has 0 unspecified atom stereocenters. The first-order valence-corrected chi connectivity index (χ1v) is 8.69. The number of carbonyl (C=O) groups excluding carboxylic acids is 1. The molecule has 0 bridgehead atoms. The number of aryl methyl sites for hydroxylation is 2. The molecule has 1 aromatic heterocycles. The van der Waals surface area contributed by atoms with Gasteiger partial charge in [0.2, 0.25) is 5.95 Å². The smallest absolute Gasteiger partial charge is 0.277 e. The van der Waals surface area contributed by atoms with E-state index < -0.39 is 27.1 Å². The van der Waals surface area contributed by atoms with Crippen molar-refractivity contribution in [2.24, 2.45) is 0 Å². The van der Waals surface area contributed by atoms with Crippen molar-refractivity contribution in [2.45, 2.75) is 13.8 Å². The molecule has 1 amide bonds. The van der Waals surface area contributed by atoms with Crippen LogP contribution in [0.5, 0.6) is 0 Å². The molecule has 2 aromatic rings. The fourth-order valence-electron chi connectivity index (χ4n) is 2.91. The van der Waals surface area contributed by atoms with Crippen LogP contribution in [-0.2, 0) is 4.74 Å². The molecule has 1 aliphatic rings. The van der Waals surface area contributed by atoms with Gasteiger partial charge in [0.15, 0.2) is 0 Å². The molecule has 12 heteroatoms. The number of anilines is 2. The zero-order valence-corrected chi connectivity index (χ0v) is 15.7. The van der Waals surface area contributed by atoms with E-state index in [0.717, 1.165) is 18.2 Å². The molecule has 1 saturated heterocycles. The third-order valence-corrected chi connectivity index (χ3v) is 4.38. The third kappa shape index (κ3) is 4.43. The van der Waals surface area contributed by atoms with Gasteiger partial charge in [0, 0.05) is 25.2 Å². The molecule has 2 heterocycles. The third-order valence-electron chi connectivity index (χ3n) is 4.38. The van der Waals surface area contributed by atoms with Gasteiger partial charge in [-0.3, -0.25) is 25.0 Å². The Morgan fingerprint density at radius 3 is 2.03 bits per heavy atom. The van der Waals surface area contributed by atoms with Crippen LogP contribution in [0.25, 0.3) is 0 Å². The van der Waals surface area contributed by atoms with Crippen molar-refractivity contribution in [1.29, 1.82) is 0 Å². The van der Waals surface area contributed by atoms with Crippen LogP contribution in [0.3, 0.4) is 0 Å². The summed E-state index contributed by atoms with van der Waals surface area (Å²) in [6.07, 6.45) is 0. The molecule has 1 fully saturated rings. The lowest BCUT2D eigenvalue weighted by atomic mass is 10.1. The second kappa shape index (κ2) is 8.14. The zero-order valence-electron chi connectivity index (χ0n) is 15.7. The molecule has 0 radical (unpaired) electrons. The van der Waals surface area contributed by atoms with Crippen LogP contribution < -0.4 is 10.2 Å². The highest BCUT2D eigenvalue weighted by atomic mass is 16.6. The van der Waals surface area contributed by atoms with Crippen molar-refractivity contribution in [3.05, 3.63) is 55.4 Å². The predicted molar refractivity (Wildman–Crippen MR) is 102 cm³/mol. The van der Waals surface area contributed by atoms with E-state index in [0.29, 0.717) is 49.3 Å². The van der Waals surface area contributed by atoms with Gasteiger partial charge in [-0.1, -0.05) is 0 Å². The Kier molecular flexibility index (Phi) is 5.64. The number of ether oxygens (including phenoxy) is 1. The molecule has 3 rings (SSSR count). The molecule has 0 spiro atoms. The van der Waals surface area contributed by atoms with Crippen LogP contribution in [0, 0.1) is 34.1 Å². The first-order valence-electron chi connectivity index (χ1n) is 8.69. The largest absolute Gasteiger partial charge is 0.378 e. The van der Waals surface area contributed by atoms with E-state index in [1.807, 2.05) is 4.90 Å². The van der Waals surface area contributed by atoms with E-state index in [1.165, 1.54) is 0 Å². The van der Waals surface area contributed by atoms with Gasteiger partial charge >= 0.3 is 0 Å². The molecule has 152 valence electrons. The van der Waals surface area contributed by atoms with Crippen molar-refractivity contribution in [3.63, 3.8) is 0 Å². The summed E-state index contributed by atoms with van der Waals surface area (Å²) in [6.45, 7) is 5.86. The molecular weight excluding hydrogens is 384 g/mol. The Hall–Kier alpha value is -3.67. The number of non-ortho nitro benzene ring substituents is 2. The summed E-state index contributed by atoms with van der Waals surface area (Å²) in [5.41, 5.74) is 0.0658. The number of carbonyl (C=O) groups is 1. The minimum atomic E-state index is -0.791. The van der Waals surface area contributed by atoms with Crippen LogP contribution in [0.15, 0.2) is 18.2 Å². The maximum atomic E-state index is 12.6. The Balaban J connectivity index is 1.89. The van der Waals surface area contributed by atoms with Crippen LogP contribution in [0.4, 0.5) is 23.0 Å². The number of hydrogen-bond acceptors (Lipinski definition) is 9. The van der Waals surface area contributed by atoms with Gasteiger partial charge in [-0.05, 0) is 13.8 Å². The number of amides is 1. The van der Waals surface area contributed by atoms with Gasteiger partial charge in [-0.2, -0.15) is 0 Å². The number of nitrogens with zero attached hydrogens (tertiary/aromatic N) is 5. The van der Waals surface area contributed by atoms with E-state index in [4.69, 9.17) is 4.74 Å². The average molecular weight is 402 g/mol. The van der Waals surface area contributed by atoms with E-state index in [2.05, 4.69) is 15.3 Å². The highest BCUT2D eigenvalue weighted by Crippen LogP contribution is 2.25. The van der Waals surface area contributed by atoms with Gasteiger partial charge in [0.1, 0.15) is 0 Å². The highest BCUT2D eigenvalue weighted by Gasteiger charge is 2.22. The summed E-state index contributed by atoms with van der Waals surface area (Å²) in [5.74, 6) is -0.210. The zero-order chi connectivity index (χ0) is 21.1. The maximum Gasteiger partial charge on any atom is 0.277 e. The Bertz CT molecular complexity index is 933. The first kappa shape index (κ1) is 20.1. The minimum absolute atomic E-state index is 0.207. The van der Waals surface area contributed by atoms with E-state index >= 15 is 0 Å². The number of nitro groups is 2. The lowest BCUT2D eigenvalue weighted by molar-refractivity contribution is -0.394. The van der Waals surface area contributed by atoms with Gasteiger partial charge in [0.25, 0.3) is 17.3 Å². The number of nitrogens with one attached hydrogen (secondary N) is 1. The summed E-state index contributed by atoms with van der Waals surface area (Å²) in [5, 5.41) is 24.7. The van der Waals surface area contributed by atoms with E-state index in [-0.39, 0.29) is 5.56 Å². The second-order valence-electron chi connectivity index (χ2n) is 6.38. The van der Waals surface area contributed by atoms with Crippen LogP contribution in [-0.4, -0.2) is 52.0 Å². The Labute approximate surface area is 164 Å². The standard InChI is InChI=1S/C17H18N6O6/c1-10-15(11(2)19-17(18-10)21-3-5-29-6-4-21)20-16(24)12-7-13(22(25)26)9-14(8-12)23(27)28/h7-9H,3-6H2,1-2H3,(H,20,24). The normalized spacial score (nSPS) is 13.8. The number of hydrogen-bond donors (Lipinski definition) is 1. The SMILES string of the molecule is Cc1nc(N2CCOCC2)nc(C)c1NC(=O)c1cc([N+](=O)[O-])cc([N+](=O)[O-])c1. The number of rotatable bonds is 5. The Morgan fingerprint density at radius 2 is 1.55 bits per heavy atom. The molecule has 1 aliphatic heterocycles. The molecule has 1 N–H and O–H groups in total. The average Bonchev–Trinajstić information content (AvgIpc) is 2.70. The minimum Gasteiger partial charge on any atom is -0.378 e. The van der Waals surface area contributed by atoms with Crippen LogP contribution in [0.1, 0.15) is 21.7 Å². The summed E-state index contributed by atoms with van der Waals surface area (Å²) in [4.78, 5) is 43.9. The van der Waals surface area contributed by atoms with Crippen molar-refractivity contribution in [3.8, 4) is 0 Å². The topological polar surface area (TPSA) is 154 Å². The molecule has 0 atom stereocenters. The maximum absolute atomic E-state index is 12.6. The van der Waals surface area contributed by atoms with Crippen LogP contribution >= 0.6 is 0 Å². The fourth-order valence-corrected chi connectivity index (χ4v) is 2.91. The van der Waals surface area contributed by atoms with Crippen LogP contribution in [0.2, 0.25) is 0 Å². The number of benzene rings is 1. The second-order valence-corrected chi connectivity index (χ2v) is 6.38. The summed E-state index contributed by atoms with van der Waals surface area (Å²) in [6, 6.07) is 2.76.